The lowest BCUT2D eigenvalue weighted by atomic mass is 10.0. The van der Waals surface area contributed by atoms with Crippen molar-refractivity contribution in [1.29, 1.82) is 0 Å². The van der Waals surface area contributed by atoms with Crippen LogP contribution in [-0.2, 0) is 11.3 Å². The van der Waals surface area contributed by atoms with Crippen LogP contribution < -0.4 is 5.32 Å². The highest BCUT2D eigenvalue weighted by Crippen LogP contribution is 2.30. The largest absolute Gasteiger partial charge is 0.324 e. The average molecular weight is 392 g/mol. The predicted molar refractivity (Wildman–Crippen MR) is 107 cm³/mol. The van der Waals surface area contributed by atoms with Crippen LogP contribution in [0.15, 0.2) is 54.7 Å². The Bertz CT molecular complexity index is 1220. The third kappa shape index (κ3) is 3.71. The van der Waals surface area contributed by atoms with Gasteiger partial charge in [-0.05, 0) is 43.2 Å². The molecule has 0 unspecified atom stereocenters. The van der Waals surface area contributed by atoms with Crippen molar-refractivity contribution >= 4 is 22.6 Å². The molecule has 0 atom stereocenters. The molecule has 4 rings (SSSR count). The first-order valence-corrected chi connectivity index (χ1v) is 9.06. The Morgan fingerprint density at radius 1 is 1.03 bits per heavy atom. The van der Waals surface area contributed by atoms with Gasteiger partial charge in [-0.1, -0.05) is 29.8 Å². The number of hydrogen-bond donors (Lipinski definition) is 1. The number of aryl methyl sites for hydroxylation is 2. The van der Waals surface area contributed by atoms with E-state index in [4.69, 9.17) is 0 Å². The topological polar surface area (TPSA) is 59.8 Å². The molecule has 0 spiro atoms. The quantitative estimate of drug-likeness (QED) is 0.551. The molecule has 0 aliphatic rings. The molecule has 5 nitrogen and oxygen atoms in total. The highest BCUT2D eigenvalue weighted by Gasteiger charge is 2.16. The number of aromatic nitrogens is 3. The normalized spacial score (nSPS) is 11.0. The van der Waals surface area contributed by atoms with Gasteiger partial charge < -0.3 is 5.32 Å². The smallest absolute Gasteiger partial charge is 0.246 e. The summed E-state index contributed by atoms with van der Waals surface area (Å²) in [6.45, 7) is 3.79. The van der Waals surface area contributed by atoms with Gasteiger partial charge in [0.1, 0.15) is 6.54 Å². The molecule has 0 fully saturated rings. The molecular formula is C22H18F2N4O. The Balaban J connectivity index is 1.64. The number of halogens is 2. The van der Waals surface area contributed by atoms with Gasteiger partial charge in [-0.25, -0.2) is 18.4 Å². The zero-order chi connectivity index (χ0) is 20.5. The molecule has 1 amide bonds. The first-order valence-electron chi connectivity index (χ1n) is 9.06. The summed E-state index contributed by atoms with van der Waals surface area (Å²) < 4.78 is 27.9. The third-order valence-electron chi connectivity index (χ3n) is 4.67. The monoisotopic (exact) mass is 392 g/mol. The van der Waals surface area contributed by atoms with Crippen LogP contribution in [-0.4, -0.2) is 20.7 Å². The summed E-state index contributed by atoms with van der Waals surface area (Å²) in [6, 6.07) is 13.3. The molecule has 146 valence electrons. The van der Waals surface area contributed by atoms with E-state index in [2.05, 4.69) is 15.4 Å². The number of fused-ring (bicyclic) bond motifs is 1. The van der Waals surface area contributed by atoms with Crippen molar-refractivity contribution in [2.75, 3.05) is 5.32 Å². The van der Waals surface area contributed by atoms with Gasteiger partial charge in [0.25, 0.3) is 0 Å². The number of nitrogens with zero attached hydrogens (tertiary/aromatic N) is 3. The maximum atomic E-state index is 13.3. The fourth-order valence-electron chi connectivity index (χ4n) is 3.28. The van der Waals surface area contributed by atoms with Crippen molar-refractivity contribution in [3.63, 3.8) is 0 Å². The van der Waals surface area contributed by atoms with Crippen molar-refractivity contribution in [2.45, 2.75) is 20.4 Å². The maximum absolute atomic E-state index is 13.3. The second-order valence-electron chi connectivity index (χ2n) is 6.84. The van der Waals surface area contributed by atoms with Gasteiger partial charge in [-0.2, -0.15) is 5.10 Å². The number of hydrogen-bond acceptors (Lipinski definition) is 3. The molecule has 4 aromatic rings. The Morgan fingerprint density at radius 3 is 2.52 bits per heavy atom. The van der Waals surface area contributed by atoms with E-state index >= 15 is 0 Å². The summed E-state index contributed by atoms with van der Waals surface area (Å²) in [5.74, 6) is -2.40. The maximum Gasteiger partial charge on any atom is 0.246 e. The van der Waals surface area contributed by atoms with E-state index in [1.807, 2.05) is 44.2 Å². The summed E-state index contributed by atoms with van der Waals surface area (Å²) in [4.78, 5) is 16.8. The Morgan fingerprint density at radius 2 is 1.79 bits per heavy atom. The summed E-state index contributed by atoms with van der Waals surface area (Å²) in [5.41, 5.74) is 4.71. The lowest BCUT2D eigenvalue weighted by molar-refractivity contribution is -0.116. The second kappa shape index (κ2) is 7.43. The van der Waals surface area contributed by atoms with Crippen molar-refractivity contribution in [3.05, 3.63) is 77.6 Å². The van der Waals surface area contributed by atoms with Gasteiger partial charge in [0.15, 0.2) is 17.3 Å². The number of carbonyl (C=O) groups excluding carboxylic acids is 1. The lowest BCUT2D eigenvalue weighted by Gasteiger charge is -2.07. The molecule has 0 aliphatic carbocycles. The first-order chi connectivity index (χ1) is 13.9. The molecule has 0 bridgehead atoms. The molecule has 2 aromatic carbocycles. The molecule has 29 heavy (non-hydrogen) atoms. The third-order valence-corrected chi connectivity index (χ3v) is 4.67. The number of pyridine rings is 1. The fraction of sp³-hybridized carbons (Fsp3) is 0.136. The molecule has 0 radical (unpaired) electrons. The minimum absolute atomic E-state index is 0.103. The fourth-order valence-corrected chi connectivity index (χ4v) is 3.28. The minimum Gasteiger partial charge on any atom is -0.324 e. The van der Waals surface area contributed by atoms with E-state index in [-0.39, 0.29) is 12.2 Å². The van der Waals surface area contributed by atoms with Gasteiger partial charge in [0.05, 0.1) is 5.69 Å². The zero-order valence-electron chi connectivity index (χ0n) is 15.9. The minimum atomic E-state index is -1.02. The standard InChI is InChI=1S/C22H18F2N4O/c1-13-3-5-15(6-4-13)17-9-10-25-22-21(17)14(2)27-28(22)12-20(29)26-16-7-8-18(23)19(24)11-16/h3-11H,12H2,1-2H3,(H,26,29). The van der Waals surface area contributed by atoms with Crippen LogP contribution in [0.4, 0.5) is 14.5 Å². The summed E-state index contributed by atoms with van der Waals surface area (Å²) in [6.07, 6.45) is 1.68. The number of carbonyl (C=O) groups is 1. The van der Waals surface area contributed by atoms with Crippen molar-refractivity contribution in [2.24, 2.45) is 0 Å². The predicted octanol–water partition coefficient (Wildman–Crippen LogP) is 4.63. The molecule has 2 aromatic heterocycles. The highest BCUT2D eigenvalue weighted by atomic mass is 19.2. The van der Waals surface area contributed by atoms with Crippen LogP contribution in [0.3, 0.4) is 0 Å². The van der Waals surface area contributed by atoms with Crippen molar-refractivity contribution in [3.8, 4) is 11.1 Å². The molecule has 0 saturated carbocycles. The second-order valence-corrected chi connectivity index (χ2v) is 6.84. The van der Waals surface area contributed by atoms with Gasteiger partial charge >= 0.3 is 0 Å². The summed E-state index contributed by atoms with van der Waals surface area (Å²) >= 11 is 0. The van der Waals surface area contributed by atoms with E-state index in [9.17, 15) is 13.6 Å². The van der Waals surface area contributed by atoms with Gasteiger partial charge in [0, 0.05) is 23.3 Å². The van der Waals surface area contributed by atoms with E-state index in [1.54, 1.807) is 6.20 Å². The Labute approximate surface area is 166 Å². The van der Waals surface area contributed by atoms with Crippen LogP contribution >= 0.6 is 0 Å². The van der Waals surface area contributed by atoms with Crippen LogP contribution in [0.5, 0.6) is 0 Å². The SMILES string of the molecule is Cc1ccc(-c2ccnc3c2c(C)nn3CC(=O)Nc2ccc(F)c(F)c2)cc1. The Kier molecular flexibility index (Phi) is 4.80. The van der Waals surface area contributed by atoms with E-state index in [0.29, 0.717) is 5.65 Å². The van der Waals surface area contributed by atoms with E-state index in [1.165, 1.54) is 16.3 Å². The zero-order valence-corrected chi connectivity index (χ0v) is 15.9. The van der Waals surface area contributed by atoms with Gasteiger partial charge in [-0.15, -0.1) is 0 Å². The number of amides is 1. The lowest BCUT2D eigenvalue weighted by Crippen LogP contribution is -2.20. The van der Waals surface area contributed by atoms with Crippen molar-refractivity contribution in [1.82, 2.24) is 14.8 Å². The number of nitrogens with one attached hydrogen (secondary N) is 1. The van der Waals surface area contributed by atoms with Gasteiger partial charge in [-0.3, -0.25) is 4.79 Å². The average Bonchev–Trinajstić information content (AvgIpc) is 3.01. The van der Waals surface area contributed by atoms with E-state index in [0.717, 1.165) is 34.3 Å². The summed E-state index contributed by atoms with van der Waals surface area (Å²) in [5, 5.41) is 7.89. The molecule has 7 heteroatoms. The van der Waals surface area contributed by atoms with Gasteiger partial charge in [0.2, 0.25) is 5.91 Å². The van der Waals surface area contributed by atoms with Crippen LogP contribution in [0.1, 0.15) is 11.3 Å². The highest BCUT2D eigenvalue weighted by molar-refractivity contribution is 5.96. The molecule has 0 aliphatic heterocycles. The number of rotatable bonds is 4. The Hall–Kier alpha value is -3.61. The van der Waals surface area contributed by atoms with Crippen molar-refractivity contribution < 1.29 is 13.6 Å². The molecule has 1 N–H and O–H groups in total. The number of anilines is 1. The molecule has 2 heterocycles. The summed E-state index contributed by atoms with van der Waals surface area (Å²) in [7, 11) is 0. The van der Waals surface area contributed by atoms with E-state index < -0.39 is 17.5 Å². The van der Waals surface area contributed by atoms with Crippen LogP contribution in [0.2, 0.25) is 0 Å². The number of benzene rings is 2. The van der Waals surface area contributed by atoms with Crippen LogP contribution in [0, 0.1) is 25.5 Å². The molecule has 0 saturated heterocycles. The van der Waals surface area contributed by atoms with Crippen LogP contribution in [0.25, 0.3) is 22.2 Å². The first kappa shape index (κ1) is 18.7. The molecular weight excluding hydrogens is 374 g/mol.